The van der Waals surface area contributed by atoms with E-state index in [0.29, 0.717) is 17.0 Å². The molecule has 7 nitrogen and oxygen atoms in total. The van der Waals surface area contributed by atoms with Crippen LogP contribution in [-0.4, -0.2) is 42.9 Å². The number of carbonyl (C=O) groups excluding carboxylic acids is 2. The van der Waals surface area contributed by atoms with Crippen LogP contribution in [0.5, 0.6) is 5.75 Å². The average molecular weight is 428 g/mol. The zero-order chi connectivity index (χ0) is 22.7. The second-order valence-corrected chi connectivity index (χ2v) is 7.57. The van der Waals surface area contributed by atoms with Gasteiger partial charge < -0.3 is 15.0 Å². The molecule has 1 N–H and O–H groups in total. The smallest absolute Gasteiger partial charge is 0.278 e. The number of hydrogen-bond acceptors (Lipinski definition) is 6. The molecule has 1 aliphatic heterocycles. The van der Waals surface area contributed by atoms with Crippen LogP contribution in [0.4, 0.5) is 11.4 Å². The lowest BCUT2D eigenvalue weighted by atomic mass is 10.0. The highest BCUT2D eigenvalue weighted by Crippen LogP contribution is 2.36. The highest BCUT2D eigenvalue weighted by atomic mass is 16.5. The number of benzene rings is 2. The minimum atomic E-state index is -0.385. The maximum Gasteiger partial charge on any atom is 0.278 e. The van der Waals surface area contributed by atoms with Gasteiger partial charge in [-0.1, -0.05) is 18.2 Å². The highest BCUT2D eigenvalue weighted by molar-refractivity contribution is 6.36. The third-order valence-electron chi connectivity index (χ3n) is 5.29. The van der Waals surface area contributed by atoms with Gasteiger partial charge in [-0.05, 0) is 48.0 Å². The minimum absolute atomic E-state index is 0.156. The molecule has 0 radical (unpaired) electrons. The number of para-hydroxylation sites is 1. The number of imide groups is 1. The van der Waals surface area contributed by atoms with Crippen LogP contribution in [0.25, 0.3) is 5.57 Å². The van der Waals surface area contributed by atoms with E-state index in [9.17, 15) is 9.59 Å². The van der Waals surface area contributed by atoms with Gasteiger partial charge in [0.05, 0.1) is 19.2 Å². The number of amides is 2. The van der Waals surface area contributed by atoms with Gasteiger partial charge >= 0.3 is 0 Å². The molecule has 0 bridgehead atoms. The first-order valence-electron chi connectivity index (χ1n) is 10.2. The van der Waals surface area contributed by atoms with Crippen LogP contribution >= 0.6 is 0 Å². The van der Waals surface area contributed by atoms with Crippen molar-refractivity contribution in [2.75, 3.05) is 31.4 Å². The van der Waals surface area contributed by atoms with Crippen LogP contribution in [0.3, 0.4) is 0 Å². The Hall–Kier alpha value is -4.13. The van der Waals surface area contributed by atoms with Crippen molar-refractivity contribution in [1.29, 1.82) is 0 Å². The SMILES string of the molecule is COc1ccccc1C1=C(Nc2ccc(N(C)C)cc2)C(=O)N(Cc2ccncc2)C1=O. The zero-order valence-electron chi connectivity index (χ0n) is 18.2. The Balaban J connectivity index is 1.75. The van der Waals surface area contributed by atoms with Crippen LogP contribution in [0, 0.1) is 0 Å². The molecule has 0 saturated carbocycles. The van der Waals surface area contributed by atoms with Crippen LogP contribution in [0.15, 0.2) is 78.8 Å². The largest absolute Gasteiger partial charge is 0.496 e. The molecule has 0 atom stereocenters. The number of rotatable bonds is 7. The van der Waals surface area contributed by atoms with Crippen molar-refractivity contribution < 1.29 is 14.3 Å². The van der Waals surface area contributed by atoms with Gasteiger partial charge in [0.1, 0.15) is 11.4 Å². The molecule has 1 aliphatic rings. The molecule has 2 heterocycles. The van der Waals surface area contributed by atoms with E-state index in [0.717, 1.165) is 11.3 Å². The van der Waals surface area contributed by atoms with Crippen molar-refractivity contribution in [2.24, 2.45) is 0 Å². The van der Waals surface area contributed by atoms with E-state index in [1.54, 1.807) is 43.8 Å². The molecule has 4 rings (SSSR count). The first-order chi connectivity index (χ1) is 15.5. The molecule has 2 amide bonds. The van der Waals surface area contributed by atoms with Gasteiger partial charge in [-0.2, -0.15) is 0 Å². The first-order valence-corrected chi connectivity index (χ1v) is 10.2. The molecule has 0 aliphatic carbocycles. The van der Waals surface area contributed by atoms with Gasteiger partial charge in [-0.15, -0.1) is 0 Å². The van der Waals surface area contributed by atoms with E-state index in [2.05, 4.69) is 10.3 Å². The van der Waals surface area contributed by atoms with Gasteiger partial charge in [-0.25, -0.2) is 0 Å². The van der Waals surface area contributed by atoms with Crippen LogP contribution in [-0.2, 0) is 16.1 Å². The summed E-state index contributed by atoms with van der Waals surface area (Å²) in [5.41, 5.74) is 3.65. The second-order valence-electron chi connectivity index (χ2n) is 7.57. The maximum atomic E-state index is 13.5. The van der Waals surface area contributed by atoms with Crippen LogP contribution in [0.2, 0.25) is 0 Å². The maximum absolute atomic E-state index is 13.5. The van der Waals surface area contributed by atoms with Gasteiger partial charge in [0.25, 0.3) is 11.8 Å². The number of methoxy groups -OCH3 is 1. The molecule has 1 aromatic heterocycles. The molecule has 3 aromatic rings. The van der Waals surface area contributed by atoms with E-state index in [-0.39, 0.29) is 29.6 Å². The van der Waals surface area contributed by atoms with Gasteiger partial charge in [0.2, 0.25) is 0 Å². The summed E-state index contributed by atoms with van der Waals surface area (Å²) in [4.78, 5) is 34.1. The molecule has 0 fully saturated rings. The lowest BCUT2D eigenvalue weighted by Gasteiger charge is -2.16. The average Bonchev–Trinajstić information content (AvgIpc) is 3.04. The number of nitrogens with one attached hydrogen (secondary N) is 1. The third-order valence-corrected chi connectivity index (χ3v) is 5.29. The molecule has 0 spiro atoms. The Labute approximate surface area is 186 Å². The Morgan fingerprint density at radius 1 is 0.938 bits per heavy atom. The summed E-state index contributed by atoms with van der Waals surface area (Å²) < 4.78 is 5.48. The molecule has 162 valence electrons. The molecular weight excluding hydrogens is 404 g/mol. The Kier molecular flexibility index (Phi) is 5.89. The fourth-order valence-electron chi connectivity index (χ4n) is 3.59. The van der Waals surface area contributed by atoms with E-state index in [1.165, 1.54) is 4.90 Å². The summed E-state index contributed by atoms with van der Waals surface area (Å²) in [5, 5.41) is 3.18. The monoisotopic (exact) mass is 428 g/mol. The standard InChI is InChI=1S/C25H24N4O3/c1-28(2)19-10-8-18(9-11-19)27-23-22(20-6-4-5-7-21(20)32-3)24(30)29(25(23)31)16-17-12-14-26-15-13-17/h4-15,27H,16H2,1-3H3. The van der Waals surface area contributed by atoms with Crippen LogP contribution < -0.4 is 15.0 Å². The fourth-order valence-corrected chi connectivity index (χ4v) is 3.59. The fraction of sp³-hybridized carbons (Fsp3) is 0.160. The van der Waals surface area contributed by atoms with Gasteiger partial charge in [-0.3, -0.25) is 19.5 Å². The number of nitrogens with zero attached hydrogens (tertiary/aromatic N) is 3. The van der Waals surface area contributed by atoms with Crippen LogP contribution in [0.1, 0.15) is 11.1 Å². The molecule has 0 saturated heterocycles. The quantitative estimate of drug-likeness (QED) is 0.580. The third kappa shape index (κ3) is 4.05. The Morgan fingerprint density at radius 2 is 1.62 bits per heavy atom. The Bertz CT molecular complexity index is 1170. The van der Waals surface area contributed by atoms with E-state index in [1.807, 2.05) is 55.4 Å². The predicted molar refractivity (Wildman–Crippen MR) is 124 cm³/mol. The summed E-state index contributed by atoms with van der Waals surface area (Å²) in [6.45, 7) is 0.156. The van der Waals surface area contributed by atoms with E-state index < -0.39 is 0 Å². The van der Waals surface area contributed by atoms with Crippen molar-refractivity contribution in [1.82, 2.24) is 9.88 Å². The van der Waals surface area contributed by atoms with Crippen molar-refractivity contribution in [2.45, 2.75) is 6.54 Å². The predicted octanol–water partition coefficient (Wildman–Crippen LogP) is 3.55. The normalized spacial score (nSPS) is 13.5. The number of pyridine rings is 1. The highest BCUT2D eigenvalue weighted by Gasteiger charge is 2.40. The molecule has 7 heteroatoms. The van der Waals surface area contributed by atoms with Gasteiger partial charge in [0.15, 0.2) is 0 Å². The van der Waals surface area contributed by atoms with E-state index in [4.69, 9.17) is 4.74 Å². The second kappa shape index (κ2) is 8.93. The topological polar surface area (TPSA) is 74.8 Å². The van der Waals surface area contributed by atoms with Crippen molar-refractivity contribution in [3.8, 4) is 5.75 Å². The number of hydrogen-bond donors (Lipinski definition) is 1. The summed E-state index contributed by atoms with van der Waals surface area (Å²) in [6.07, 6.45) is 3.28. The van der Waals surface area contributed by atoms with Gasteiger partial charge in [0, 0.05) is 43.4 Å². The number of aromatic nitrogens is 1. The zero-order valence-corrected chi connectivity index (χ0v) is 18.2. The number of anilines is 2. The molecular formula is C25H24N4O3. The first kappa shape index (κ1) is 21.1. The summed E-state index contributed by atoms with van der Waals surface area (Å²) in [7, 11) is 5.46. The lowest BCUT2D eigenvalue weighted by Crippen LogP contribution is -2.32. The van der Waals surface area contributed by atoms with Crippen molar-refractivity contribution in [3.63, 3.8) is 0 Å². The van der Waals surface area contributed by atoms with E-state index >= 15 is 0 Å². The molecule has 32 heavy (non-hydrogen) atoms. The summed E-state index contributed by atoms with van der Waals surface area (Å²) >= 11 is 0. The summed E-state index contributed by atoms with van der Waals surface area (Å²) in [5.74, 6) is -0.232. The Morgan fingerprint density at radius 3 is 2.28 bits per heavy atom. The lowest BCUT2D eigenvalue weighted by molar-refractivity contribution is -0.137. The van der Waals surface area contributed by atoms with Crippen molar-refractivity contribution >= 4 is 28.8 Å². The molecule has 2 aromatic carbocycles. The number of carbonyl (C=O) groups is 2. The number of ether oxygens (including phenoxy) is 1. The minimum Gasteiger partial charge on any atom is -0.496 e. The molecule has 0 unspecified atom stereocenters. The van der Waals surface area contributed by atoms with Crippen molar-refractivity contribution in [3.05, 3.63) is 89.9 Å². The summed E-state index contributed by atoms with van der Waals surface area (Å²) in [6, 6.07) is 18.4.